The molecule has 0 aromatic carbocycles. The Kier molecular flexibility index (Phi) is 6.07. The van der Waals surface area contributed by atoms with E-state index in [9.17, 15) is 9.59 Å². The Morgan fingerprint density at radius 2 is 1.43 bits per heavy atom. The fourth-order valence-corrected chi connectivity index (χ4v) is 2.37. The topological polar surface area (TPSA) is 34.1 Å². The first kappa shape index (κ1) is 17.4. The van der Waals surface area contributed by atoms with Crippen molar-refractivity contribution in [1.82, 2.24) is 0 Å². The van der Waals surface area contributed by atoms with E-state index in [4.69, 9.17) is 0 Å². The molecule has 21 heavy (non-hydrogen) atoms. The number of Topliss-reactive ketones (excluding diaryl/α,β-unsaturated/α-hetero) is 2. The third kappa shape index (κ3) is 4.38. The first-order valence-electron chi connectivity index (χ1n) is 7.51. The summed E-state index contributed by atoms with van der Waals surface area (Å²) in [6.45, 7) is 11.5. The maximum Gasteiger partial charge on any atom is 0.185 e. The lowest BCUT2D eigenvalue weighted by atomic mass is 9.84. The van der Waals surface area contributed by atoms with Gasteiger partial charge in [0.25, 0.3) is 0 Å². The highest BCUT2D eigenvalue weighted by molar-refractivity contribution is 6.24. The van der Waals surface area contributed by atoms with Gasteiger partial charge in [-0.05, 0) is 60.8 Å². The minimum absolute atomic E-state index is 0.0118. The molecule has 0 aliphatic heterocycles. The van der Waals surface area contributed by atoms with Crippen LogP contribution in [0.15, 0.2) is 45.6 Å². The van der Waals surface area contributed by atoms with E-state index < -0.39 is 0 Å². The lowest BCUT2D eigenvalue weighted by molar-refractivity contribution is -0.116. The van der Waals surface area contributed by atoms with E-state index in [1.54, 1.807) is 20.8 Å². The van der Waals surface area contributed by atoms with Crippen LogP contribution in [0.5, 0.6) is 0 Å². The van der Waals surface area contributed by atoms with Crippen molar-refractivity contribution in [3.8, 4) is 0 Å². The molecular weight excluding hydrogens is 260 g/mol. The van der Waals surface area contributed by atoms with Gasteiger partial charge in [0, 0.05) is 22.3 Å². The van der Waals surface area contributed by atoms with Gasteiger partial charge in [0.15, 0.2) is 11.6 Å². The molecule has 2 heteroatoms. The van der Waals surface area contributed by atoms with Crippen molar-refractivity contribution in [3.63, 3.8) is 0 Å². The molecule has 0 spiro atoms. The van der Waals surface area contributed by atoms with Gasteiger partial charge in [-0.25, -0.2) is 0 Å². The molecule has 0 saturated heterocycles. The Bertz CT molecular complexity index is 577. The van der Waals surface area contributed by atoms with E-state index in [1.807, 2.05) is 0 Å². The van der Waals surface area contributed by atoms with Crippen molar-refractivity contribution in [1.29, 1.82) is 0 Å². The van der Waals surface area contributed by atoms with Crippen molar-refractivity contribution in [2.75, 3.05) is 0 Å². The maximum absolute atomic E-state index is 12.3. The molecule has 1 aliphatic carbocycles. The number of hydrogen-bond donors (Lipinski definition) is 0. The van der Waals surface area contributed by atoms with Crippen LogP contribution in [0.1, 0.15) is 60.8 Å². The molecule has 1 aliphatic rings. The highest BCUT2D eigenvalue weighted by Crippen LogP contribution is 2.26. The zero-order valence-corrected chi connectivity index (χ0v) is 14.1. The van der Waals surface area contributed by atoms with Gasteiger partial charge in [-0.2, -0.15) is 0 Å². The van der Waals surface area contributed by atoms with Crippen LogP contribution in [0, 0.1) is 0 Å². The number of hydrogen-bond acceptors (Lipinski definition) is 2. The molecule has 0 saturated carbocycles. The molecule has 114 valence electrons. The van der Waals surface area contributed by atoms with Gasteiger partial charge in [-0.1, -0.05) is 23.3 Å². The highest BCUT2D eigenvalue weighted by Gasteiger charge is 2.26. The third-order valence-corrected chi connectivity index (χ3v) is 4.06. The summed E-state index contributed by atoms with van der Waals surface area (Å²) in [6.07, 6.45) is 6.87. The van der Waals surface area contributed by atoms with Crippen molar-refractivity contribution in [2.45, 2.75) is 60.8 Å². The van der Waals surface area contributed by atoms with E-state index in [0.29, 0.717) is 28.7 Å². The van der Waals surface area contributed by atoms with Gasteiger partial charge in [0.1, 0.15) is 0 Å². The lowest BCUT2D eigenvalue weighted by Crippen LogP contribution is -2.20. The second kappa shape index (κ2) is 7.35. The van der Waals surface area contributed by atoms with Crippen LogP contribution in [0.4, 0.5) is 0 Å². The van der Waals surface area contributed by atoms with Gasteiger partial charge in [-0.15, -0.1) is 0 Å². The van der Waals surface area contributed by atoms with Crippen LogP contribution in [0.25, 0.3) is 0 Å². The Morgan fingerprint density at radius 1 is 0.857 bits per heavy atom. The van der Waals surface area contributed by atoms with E-state index in [-0.39, 0.29) is 11.6 Å². The summed E-state index contributed by atoms with van der Waals surface area (Å²) in [6, 6.07) is 0. The quantitative estimate of drug-likeness (QED) is 0.533. The predicted octanol–water partition coefficient (Wildman–Crippen LogP) is 4.87. The van der Waals surface area contributed by atoms with Crippen molar-refractivity contribution in [3.05, 3.63) is 45.6 Å². The van der Waals surface area contributed by atoms with Gasteiger partial charge < -0.3 is 0 Å². The third-order valence-electron chi connectivity index (χ3n) is 4.06. The molecule has 0 aromatic rings. The van der Waals surface area contributed by atoms with E-state index in [0.717, 1.165) is 12.8 Å². The minimum Gasteiger partial charge on any atom is -0.289 e. The van der Waals surface area contributed by atoms with Crippen molar-refractivity contribution in [2.24, 2.45) is 0 Å². The summed E-state index contributed by atoms with van der Waals surface area (Å²) in [5, 5.41) is 0. The minimum atomic E-state index is 0.0118. The summed E-state index contributed by atoms with van der Waals surface area (Å²) in [7, 11) is 0. The SMILES string of the molecule is CC(C)=CCC/C(C)=C/CC1=C(C)C(=O)C(C)=C(C)C1=O. The second-order valence-electron chi connectivity index (χ2n) is 6.09. The largest absolute Gasteiger partial charge is 0.289 e. The summed E-state index contributed by atoms with van der Waals surface area (Å²) in [5.41, 5.74) is 5.03. The van der Waals surface area contributed by atoms with Gasteiger partial charge in [-0.3, -0.25) is 9.59 Å². The van der Waals surface area contributed by atoms with Crippen molar-refractivity contribution >= 4 is 11.6 Å². The van der Waals surface area contributed by atoms with Crippen molar-refractivity contribution < 1.29 is 9.59 Å². The Hall–Kier alpha value is -1.70. The van der Waals surface area contributed by atoms with Crippen LogP contribution in [-0.2, 0) is 9.59 Å². The average molecular weight is 286 g/mol. The molecule has 0 unspecified atom stereocenters. The first-order chi connectivity index (χ1) is 9.75. The Balaban J connectivity index is 2.81. The molecule has 0 amide bonds. The summed E-state index contributed by atoms with van der Waals surface area (Å²) in [5.74, 6) is 0.0376. The van der Waals surface area contributed by atoms with Crippen LogP contribution in [0.2, 0.25) is 0 Å². The lowest BCUT2D eigenvalue weighted by Gasteiger charge is -2.17. The smallest absolute Gasteiger partial charge is 0.185 e. The zero-order chi connectivity index (χ0) is 16.2. The molecule has 2 nitrogen and oxygen atoms in total. The van der Waals surface area contributed by atoms with E-state index >= 15 is 0 Å². The number of carbonyl (C=O) groups excluding carboxylic acids is 2. The first-order valence-corrected chi connectivity index (χ1v) is 7.51. The molecule has 0 heterocycles. The van der Waals surface area contributed by atoms with Gasteiger partial charge in [0.05, 0.1) is 0 Å². The summed E-state index contributed by atoms with van der Waals surface area (Å²) in [4.78, 5) is 24.4. The normalized spacial score (nSPS) is 16.8. The Morgan fingerprint density at radius 3 is 2.00 bits per heavy atom. The van der Waals surface area contributed by atoms with E-state index in [1.165, 1.54) is 11.1 Å². The number of carbonyl (C=O) groups is 2. The van der Waals surface area contributed by atoms with Gasteiger partial charge >= 0.3 is 0 Å². The molecule has 0 atom stereocenters. The monoisotopic (exact) mass is 286 g/mol. The fraction of sp³-hybridized carbons (Fsp3) is 0.474. The second-order valence-corrected chi connectivity index (χ2v) is 6.09. The maximum atomic E-state index is 12.3. The molecule has 0 bridgehead atoms. The number of rotatable bonds is 5. The molecule has 0 radical (unpaired) electrons. The number of ketones is 2. The molecular formula is C19H26O2. The van der Waals surface area contributed by atoms with Crippen LogP contribution >= 0.6 is 0 Å². The molecule has 0 N–H and O–H groups in total. The molecule has 0 aromatic heterocycles. The predicted molar refractivity (Wildman–Crippen MR) is 88.1 cm³/mol. The van der Waals surface area contributed by atoms with Gasteiger partial charge in [0.2, 0.25) is 0 Å². The molecule has 1 rings (SSSR count). The average Bonchev–Trinajstić information content (AvgIpc) is 2.42. The summed E-state index contributed by atoms with van der Waals surface area (Å²) < 4.78 is 0. The standard InChI is InChI=1S/C19H26O2/c1-12(2)8-7-9-13(3)10-11-17-16(6)18(20)14(4)15(5)19(17)21/h8,10H,7,9,11H2,1-6H3/b13-10+. The summed E-state index contributed by atoms with van der Waals surface area (Å²) >= 11 is 0. The number of allylic oxidation sites excluding steroid dienone is 8. The fourth-order valence-electron chi connectivity index (χ4n) is 2.37. The Labute approximate surface area is 128 Å². The van der Waals surface area contributed by atoms with Crippen LogP contribution in [-0.4, -0.2) is 11.6 Å². The zero-order valence-electron chi connectivity index (χ0n) is 14.1. The molecule has 0 fully saturated rings. The van der Waals surface area contributed by atoms with Crippen LogP contribution in [0.3, 0.4) is 0 Å². The highest BCUT2D eigenvalue weighted by atomic mass is 16.1. The van der Waals surface area contributed by atoms with E-state index in [2.05, 4.69) is 32.9 Å². The van der Waals surface area contributed by atoms with Crippen LogP contribution < -0.4 is 0 Å².